The topological polar surface area (TPSA) is 99.4 Å². The smallest absolute Gasteiger partial charge is 0.366 e. The van der Waals surface area contributed by atoms with Crippen LogP contribution in [0.15, 0.2) is 11.0 Å². The average molecular weight is 357 g/mol. The second-order valence-electron chi connectivity index (χ2n) is 3.24. The molecule has 0 aliphatic carbocycles. The molecule has 1 aromatic heterocycles. The third-order valence-electron chi connectivity index (χ3n) is 1.85. The van der Waals surface area contributed by atoms with Gasteiger partial charge in [0.05, 0.1) is 0 Å². The summed E-state index contributed by atoms with van der Waals surface area (Å²) in [5.41, 5.74) is -1.73. The minimum absolute atomic E-state index is 0.0791. The first-order chi connectivity index (χ1) is 9.33. The fraction of sp³-hybridized carbons (Fsp3) is 0.286. The molecule has 0 saturated heterocycles. The quantitative estimate of drug-likeness (QED) is 0.356. The Labute approximate surface area is 116 Å². The van der Waals surface area contributed by atoms with Gasteiger partial charge in [0.25, 0.3) is 15.5 Å². The number of hydrogen-bond donors (Lipinski definition) is 0. The molecular formula is C7H2ClF5N2O5S. The molecule has 0 aliphatic rings. The molecule has 0 bridgehead atoms. The molecule has 0 N–H and O–H groups in total. The fourth-order valence-electron chi connectivity index (χ4n) is 1.21. The molecule has 118 valence electrons. The highest BCUT2D eigenvalue weighted by Crippen LogP contribution is 2.38. The second-order valence-corrected chi connectivity index (χ2v) is 5.77. The lowest BCUT2D eigenvalue weighted by Gasteiger charge is -2.09. The van der Waals surface area contributed by atoms with Gasteiger partial charge in [-0.05, 0) is 4.92 Å². The van der Waals surface area contributed by atoms with E-state index in [2.05, 4.69) is 9.72 Å². The third kappa shape index (κ3) is 4.35. The number of alkyl halides is 5. The van der Waals surface area contributed by atoms with Crippen LogP contribution in [0.4, 0.5) is 27.8 Å². The lowest BCUT2D eigenvalue weighted by atomic mass is 10.2. The normalized spacial score (nSPS) is 12.5. The van der Waals surface area contributed by atoms with E-state index in [0.717, 1.165) is 0 Å². The molecule has 0 radical (unpaired) electrons. The highest BCUT2D eigenvalue weighted by molar-refractivity contribution is 8.13. The van der Waals surface area contributed by atoms with Crippen molar-refractivity contribution in [3.63, 3.8) is 0 Å². The van der Waals surface area contributed by atoms with E-state index in [0.29, 0.717) is 0 Å². The number of nitrogens with zero attached hydrogens (tertiary/aromatic N) is 2. The first kappa shape index (κ1) is 17.3. The minimum Gasteiger partial charge on any atom is -0.366 e. The van der Waals surface area contributed by atoms with Crippen LogP contribution in [-0.4, -0.2) is 24.7 Å². The van der Waals surface area contributed by atoms with Crippen molar-refractivity contribution in [3.05, 3.63) is 21.7 Å². The minimum atomic E-state index is -5.37. The van der Waals surface area contributed by atoms with Gasteiger partial charge < -0.3 is 14.9 Å². The van der Waals surface area contributed by atoms with Gasteiger partial charge in [0.15, 0.2) is 0 Å². The summed E-state index contributed by atoms with van der Waals surface area (Å²) in [6.07, 6.45) is -9.10. The van der Waals surface area contributed by atoms with E-state index < -0.39 is 48.9 Å². The van der Waals surface area contributed by atoms with Crippen molar-refractivity contribution in [1.82, 2.24) is 4.98 Å². The zero-order valence-corrected chi connectivity index (χ0v) is 10.8. The van der Waals surface area contributed by atoms with Gasteiger partial charge in [-0.25, -0.2) is 17.2 Å². The first-order valence-corrected chi connectivity index (χ1v) is 6.81. The highest BCUT2D eigenvalue weighted by atomic mass is 35.7. The molecule has 0 fully saturated rings. The van der Waals surface area contributed by atoms with E-state index in [1.807, 2.05) is 0 Å². The largest absolute Gasteiger partial charge is 0.575 e. The molecule has 14 heteroatoms. The van der Waals surface area contributed by atoms with Gasteiger partial charge in [0.2, 0.25) is 0 Å². The summed E-state index contributed by atoms with van der Waals surface area (Å²) in [6, 6.07) is -0.0791. The van der Waals surface area contributed by atoms with Crippen LogP contribution in [0.2, 0.25) is 0 Å². The Morgan fingerprint density at radius 3 is 2.24 bits per heavy atom. The van der Waals surface area contributed by atoms with Gasteiger partial charge in [0.1, 0.15) is 10.5 Å². The summed E-state index contributed by atoms with van der Waals surface area (Å²) in [5.74, 6) is -3.43. The van der Waals surface area contributed by atoms with Crippen molar-refractivity contribution in [1.29, 1.82) is 0 Å². The van der Waals surface area contributed by atoms with E-state index in [-0.39, 0.29) is 6.07 Å². The van der Waals surface area contributed by atoms with E-state index in [4.69, 9.17) is 10.7 Å². The number of rotatable bonds is 4. The lowest BCUT2D eigenvalue weighted by molar-refractivity contribution is -0.391. The van der Waals surface area contributed by atoms with Crippen LogP contribution < -0.4 is 4.74 Å². The molecule has 1 heterocycles. The van der Waals surface area contributed by atoms with Crippen LogP contribution in [0.5, 0.6) is 5.88 Å². The number of aromatic nitrogens is 1. The van der Waals surface area contributed by atoms with Crippen LogP contribution in [0.25, 0.3) is 0 Å². The molecule has 21 heavy (non-hydrogen) atoms. The van der Waals surface area contributed by atoms with Crippen molar-refractivity contribution in [2.75, 3.05) is 0 Å². The summed E-state index contributed by atoms with van der Waals surface area (Å²) in [7, 11) is -0.233. The number of nitro groups is 1. The van der Waals surface area contributed by atoms with Crippen molar-refractivity contribution in [3.8, 4) is 5.88 Å². The zero-order chi connectivity index (χ0) is 16.6. The van der Waals surface area contributed by atoms with Crippen LogP contribution in [-0.2, 0) is 9.05 Å². The maximum atomic E-state index is 12.7. The third-order valence-corrected chi connectivity index (χ3v) is 3.21. The average Bonchev–Trinajstić information content (AvgIpc) is 2.23. The van der Waals surface area contributed by atoms with Crippen LogP contribution in [0.1, 0.15) is 12.0 Å². The Balaban J connectivity index is 3.70. The summed E-state index contributed by atoms with van der Waals surface area (Å²) >= 11 is 0. The van der Waals surface area contributed by atoms with Crippen LogP contribution in [0, 0.1) is 10.1 Å². The Kier molecular flexibility index (Phi) is 4.57. The van der Waals surface area contributed by atoms with E-state index in [1.165, 1.54) is 0 Å². The molecule has 1 aromatic rings. The molecule has 0 saturated carbocycles. The second kappa shape index (κ2) is 5.55. The van der Waals surface area contributed by atoms with Gasteiger partial charge >= 0.3 is 18.1 Å². The van der Waals surface area contributed by atoms with Crippen LogP contribution in [0.3, 0.4) is 0 Å². The zero-order valence-electron chi connectivity index (χ0n) is 9.27. The fourth-order valence-corrected chi connectivity index (χ4v) is 2.28. The lowest BCUT2D eigenvalue weighted by Crippen LogP contribution is -2.19. The Morgan fingerprint density at radius 2 is 1.90 bits per heavy atom. The van der Waals surface area contributed by atoms with Crippen LogP contribution >= 0.6 is 10.7 Å². The maximum absolute atomic E-state index is 12.7. The van der Waals surface area contributed by atoms with Gasteiger partial charge in [-0.3, -0.25) is 0 Å². The monoisotopic (exact) mass is 356 g/mol. The standard InChI is InChI=1S/C7H2ClF5N2O5S/c8-21(18,19)2-1-3(20-7(11,12)13)14-6(15(16)17)4(2)5(9)10/h1,5H. The molecule has 0 unspecified atom stereocenters. The summed E-state index contributed by atoms with van der Waals surface area (Å²) < 4.78 is 86.8. The summed E-state index contributed by atoms with van der Waals surface area (Å²) in [5, 5.41) is 10.6. The van der Waals surface area contributed by atoms with Gasteiger partial charge in [-0.2, -0.15) is 0 Å². The molecule has 0 spiro atoms. The van der Waals surface area contributed by atoms with Crippen molar-refractivity contribution in [2.24, 2.45) is 0 Å². The first-order valence-electron chi connectivity index (χ1n) is 4.51. The number of halogens is 6. The molecule has 0 amide bonds. The van der Waals surface area contributed by atoms with E-state index in [1.54, 1.807) is 0 Å². The predicted molar refractivity (Wildman–Crippen MR) is 55.6 cm³/mol. The highest BCUT2D eigenvalue weighted by Gasteiger charge is 2.39. The Morgan fingerprint density at radius 1 is 1.38 bits per heavy atom. The molecule has 7 nitrogen and oxygen atoms in total. The SMILES string of the molecule is O=[N+]([O-])c1nc(OC(F)(F)F)cc(S(=O)(=O)Cl)c1C(F)F. The summed E-state index contributed by atoms with van der Waals surface area (Å²) in [4.78, 5) is 9.98. The molecule has 0 aliphatic heterocycles. The predicted octanol–water partition coefficient (Wildman–Crippen LogP) is 2.75. The number of ether oxygens (including phenoxy) is 1. The van der Waals surface area contributed by atoms with Gasteiger partial charge in [0, 0.05) is 21.7 Å². The Bertz CT molecular complexity index is 677. The Hall–Kier alpha value is -1.76. The maximum Gasteiger partial charge on any atom is 0.575 e. The van der Waals surface area contributed by atoms with E-state index >= 15 is 0 Å². The molecule has 1 rings (SSSR count). The van der Waals surface area contributed by atoms with Gasteiger partial charge in [-0.1, -0.05) is 0 Å². The van der Waals surface area contributed by atoms with E-state index in [9.17, 15) is 40.5 Å². The number of pyridine rings is 1. The van der Waals surface area contributed by atoms with Crippen molar-refractivity contribution in [2.45, 2.75) is 17.7 Å². The molecule has 0 atom stereocenters. The molecular weight excluding hydrogens is 355 g/mol. The van der Waals surface area contributed by atoms with Gasteiger partial charge in [-0.15, -0.1) is 13.2 Å². The number of hydrogen-bond acceptors (Lipinski definition) is 6. The van der Waals surface area contributed by atoms with Crippen molar-refractivity contribution >= 4 is 25.6 Å². The van der Waals surface area contributed by atoms with Crippen molar-refractivity contribution < 1.29 is 40.0 Å². The summed E-state index contributed by atoms with van der Waals surface area (Å²) in [6.45, 7) is 0. The molecule has 0 aromatic carbocycles.